The van der Waals surface area contributed by atoms with E-state index in [9.17, 15) is 9.90 Å². The van der Waals surface area contributed by atoms with Gasteiger partial charge < -0.3 is 15.2 Å². The molecule has 0 aliphatic carbocycles. The highest BCUT2D eigenvalue weighted by molar-refractivity contribution is 5.94. The maximum Gasteiger partial charge on any atom is 0.251 e. The zero-order valence-electron chi connectivity index (χ0n) is 13.3. The van der Waals surface area contributed by atoms with Crippen molar-refractivity contribution in [2.24, 2.45) is 5.92 Å². The average Bonchev–Trinajstić information content (AvgIpc) is 2.45. The molecule has 1 rings (SSSR count). The lowest BCUT2D eigenvalue weighted by atomic mass is 10.1. The second kappa shape index (κ2) is 9.40. The molecule has 1 amide bonds. The van der Waals surface area contributed by atoms with E-state index in [1.165, 1.54) is 0 Å². The molecule has 0 aliphatic rings. The van der Waals surface area contributed by atoms with Gasteiger partial charge in [0.1, 0.15) is 5.75 Å². The third-order valence-corrected chi connectivity index (χ3v) is 3.12. The summed E-state index contributed by atoms with van der Waals surface area (Å²) in [5, 5.41) is 12.5. The van der Waals surface area contributed by atoms with Gasteiger partial charge in [-0.25, -0.2) is 0 Å². The van der Waals surface area contributed by atoms with E-state index in [4.69, 9.17) is 4.74 Å². The Balaban J connectivity index is 2.40. The molecule has 0 fully saturated rings. The van der Waals surface area contributed by atoms with Crippen molar-refractivity contribution in [2.75, 3.05) is 13.2 Å². The van der Waals surface area contributed by atoms with E-state index in [1.54, 1.807) is 24.3 Å². The summed E-state index contributed by atoms with van der Waals surface area (Å²) >= 11 is 0. The van der Waals surface area contributed by atoms with Crippen LogP contribution in [-0.2, 0) is 0 Å². The van der Waals surface area contributed by atoms with E-state index in [0.29, 0.717) is 24.5 Å². The van der Waals surface area contributed by atoms with Crippen LogP contribution in [0.4, 0.5) is 0 Å². The molecule has 2 N–H and O–H groups in total. The lowest BCUT2D eigenvalue weighted by molar-refractivity contribution is 0.0900. The van der Waals surface area contributed by atoms with Crippen molar-refractivity contribution in [1.82, 2.24) is 5.32 Å². The van der Waals surface area contributed by atoms with Gasteiger partial charge in [0, 0.05) is 12.1 Å². The van der Waals surface area contributed by atoms with Gasteiger partial charge in [-0.2, -0.15) is 0 Å². The number of aliphatic hydroxyl groups excluding tert-OH is 1. The first-order valence-electron chi connectivity index (χ1n) is 7.72. The van der Waals surface area contributed by atoms with E-state index < -0.39 is 6.10 Å². The highest BCUT2D eigenvalue weighted by atomic mass is 16.5. The van der Waals surface area contributed by atoms with Crippen LogP contribution >= 0.6 is 0 Å². The van der Waals surface area contributed by atoms with Gasteiger partial charge in [0.25, 0.3) is 5.91 Å². The average molecular weight is 293 g/mol. The zero-order chi connectivity index (χ0) is 15.7. The summed E-state index contributed by atoms with van der Waals surface area (Å²) in [4.78, 5) is 11.9. The summed E-state index contributed by atoms with van der Waals surface area (Å²) in [7, 11) is 0. The summed E-state index contributed by atoms with van der Waals surface area (Å²) in [6, 6.07) is 7.08. The molecule has 21 heavy (non-hydrogen) atoms. The number of aliphatic hydroxyl groups is 1. The number of rotatable bonds is 9. The molecule has 0 spiro atoms. The van der Waals surface area contributed by atoms with E-state index >= 15 is 0 Å². The smallest absolute Gasteiger partial charge is 0.251 e. The molecule has 4 heteroatoms. The SMILES string of the molecule is CCCCOc1ccc(C(=O)NCC(O)CC(C)C)cc1. The minimum absolute atomic E-state index is 0.169. The van der Waals surface area contributed by atoms with Crippen LogP contribution in [0.25, 0.3) is 0 Å². The van der Waals surface area contributed by atoms with Crippen LogP contribution in [0, 0.1) is 5.92 Å². The first-order valence-corrected chi connectivity index (χ1v) is 7.72. The fourth-order valence-corrected chi connectivity index (χ4v) is 1.98. The summed E-state index contributed by atoms with van der Waals surface area (Å²) in [6.07, 6.45) is 2.31. The highest BCUT2D eigenvalue weighted by Crippen LogP contribution is 2.13. The zero-order valence-corrected chi connectivity index (χ0v) is 13.3. The van der Waals surface area contributed by atoms with Gasteiger partial charge in [0.2, 0.25) is 0 Å². The summed E-state index contributed by atoms with van der Waals surface area (Å²) in [5.74, 6) is 1.02. The number of hydrogen-bond acceptors (Lipinski definition) is 3. The van der Waals surface area contributed by atoms with Crippen LogP contribution in [0.3, 0.4) is 0 Å². The van der Waals surface area contributed by atoms with Crippen molar-refractivity contribution in [3.63, 3.8) is 0 Å². The van der Waals surface area contributed by atoms with Crippen molar-refractivity contribution in [2.45, 2.75) is 46.1 Å². The fourth-order valence-electron chi connectivity index (χ4n) is 1.98. The first-order chi connectivity index (χ1) is 10.0. The van der Waals surface area contributed by atoms with Gasteiger partial charge >= 0.3 is 0 Å². The number of amides is 1. The van der Waals surface area contributed by atoms with Crippen molar-refractivity contribution in [3.8, 4) is 5.75 Å². The molecule has 0 heterocycles. The van der Waals surface area contributed by atoms with Crippen LogP contribution in [0.1, 0.15) is 50.4 Å². The molecule has 1 aromatic carbocycles. The van der Waals surface area contributed by atoms with Crippen molar-refractivity contribution >= 4 is 5.91 Å². The van der Waals surface area contributed by atoms with Crippen LogP contribution in [0.15, 0.2) is 24.3 Å². The Bertz CT molecular complexity index is 415. The maximum absolute atomic E-state index is 11.9. The second-order valence-corrected chi connectivity index (χ2v) is 5.72. The number of nitrogens with one attached hydrogen (secondary N) is 1. The van der Waals surface area contributed by atoms with Gasteiger partial charge in [0.15, 0.2) is 0 Å². The molecule has 0 saturated carbocycles. The van der Waals surface area contributed by atoms with E-state index in [0.717, 1.165) is 18.6 Å². The maximum atomic E-state index is 11.9. The third-order valence-electron chi connectivity index (χ3n) is 3.12. The van der Waals surface area contributed by atoms with Gasteiger partial charge in [-0.05, 0) is 43.0 Å². The van der Waals surface area contributed by atoms with E-state index in [-0.39, 0.29) is 12.5 Å². The predicted octanol–water partition coefficient (Wildman–Crippen LogP) is 3.00. The Kier molecular flexibility index (Phi) is 7.83. The van der Waals surface area contributed by atoms with Crippen LogP contribution in [-0.4, -0.2) is 30.3 Å². The molecule has 0 radical (unpaired) electrons. The molecule has 1 aromatic rings. The Morgan fingerprint density at radius 2 is 1.95 bits per heavy atom. The van der Waals surface area contributed by atoms with Gasteiger partial charge in [-0.15, -0.1) is 0 Å². The summed E-state index contributed by atoms with van der Waals surface area (Å²) in [5.41, 5.74) is 0.578. The van der Waals surface area contributed by atoms with Crippen LogP contribution in [0.2, 0.25) is 0 Å². The number of benzene rings is 1. The molecule has 0 saturated heterocycles. The molecule has 1 atom stereocenters. The second-order valence-electron chi connectivity index (χ2n) is 5.72. The number of ether oxygens (including phenoxy) is 1. The summed E-state index contributed by atoms with van der Waals surface area (Å²) < 4.78 is 5.55. The standard InChI is InChI=1S/C17H27NO3/c1-4-5-10-21-16-8-6-14(7-9-16)17(20)18-12-15(19)11-13(2)3/h6-9,13,15,19H,4-5,10-12H2,1-3H3,(H,18,20). The number of carbonyl (C=O) groups excluding carboxylic acids is 1. The Labute approximate surface area is 127 Å². The van der Waals surface area contributed by atoms with Crippen molar-refractivity contribution < 1.29 is 14.6 Å². The predicted molar refractivity (Wildman–Crippen MR) is 84.6 cm³/mol. The summed E-state index contributed by atoms with van der Waals surface area (Å²) in [6.45, 7) is 7.18. The molecule has 0 aromatic heterocycles. The molecule has 0 bridgehead atoms. The number of unbranched alkanes of at least 4 members (excludes halogenated alkanes) is 1. The lowest BCUT2D eigenvalue weighted by Gasteiger charge is -2.14. The highest BCUT2D eigenvalue weighted by Gasteiger charge is 2.10. The fraction of sp³-hybridized carbons (Fsp3) is 0.588. The van der Waals surface area contributed by atoms with Crippen molar-refractivity contribution in [1.29, 1.82) is 0 Å². The van der Waals surface area contributed by atoms with Crippen LogP contribution < -0.4 is 10.1 Å². The molecule has 0 aliphatic heterocycles. The number of carbonyl (C=O) groups is 1. The van der Waals surface area contributed by atoms with E-state index in [2.05, 4.69) is 12.2 Å². The van der Waals surface area contributed by atoms with Gasteiger partial charge in [0.05, 0.1) is 12.7 Å². The van der Waals surface area contributed by atoms with Gasteiger partial charge in [-0.1, -0.05) is 27.2 Å². The monoisotopic (exact) mass is 293 g/mol. The largest absolute Gasteiger partial charge is 0.494 e. The molecular formula is C17H27NO3. The van der Waals surface area contributed by atoms with E-state index in [1.807, 2.05) is 13.8 Å². The minimum atomic E-state index is -0.495. The molecular weight excluding hydrogens is 266 g/mol. The molecule has 118 valence electrons. The minimum Gasteiger partial charge on any atom is -0.494 e. The quantitative estimate of drug-likeness (QED) is 0.688. The number of hydrogen-bond donors (Lipinski definition) is 2. The van der Waals surface area contributed by atoms with Crippen molar-refractivity contribution in [3.05, 3.63) is 29.8 Å². The first kappa shape index (κ1) is 17.5. The Morgan fingerprint density at radius 1 is 1.29 bits per heavy atom. The van der Waals surface area contributed by atoms with Crippen LogP contribution in [0.5, 0.6) is 5.75 Å². The Hall–Kier alpha value is -1.55. The topological polar surface area (TPSA) is 58.6 Å². The molecule has 1 unspecified atom stereocenters. The molecule has 4 nitrogen and oxygen atoms in total. The van der Waals surface area contributed by atoms with Gasteiger partial charge in [-0.3, -0.25) is 4.79 Å². The third kappa shape index (κ3) is 7.14. The Morgan fingerprint density at radius 3 is 2.52 bits per heavy atom. The normalized spacial score (nSPS) is 12.2. The lowest BCUT2D eigenvalue weighted by Crippen LogP contribution is -2.32.